The molecule has 0 fully saturated rings. The fourth-order valence-corrected chi connectivity index (χ4v) is 1.49. The quantitative estimate of drug-likeness (QED) is 0.382. The van der Waals surface area contributed by atoms with E-state index in [0.717, 1.165) is 25.1 Å². The van der Waals surface area contributed by atoms with Crippen LogP contribution in [-0.4, -0.2) is 64.2 Å². The predicted molar refractivity (Wildman–Crippen MR) is 92.1 cm³/mol. The number of nitrogens with zero attached hydrogens (tertiary/aromatic N) is 2. The van der Waals surface area contributed by atoms with Gasteiger partial charge in [-0.15, -0.1) is 0 Å². The van der Waals surface area contributed by atoms with Crippen molar-refractivity contribution in [1.29, 1.82) is 0 Å². The highest BCUT2D eigenvalue weighted by Crippen LogP contribution is 2.18. The average molecular weight is 312 g/mol. The van der Waals surface area contributed by atoms with Crippen LogP contribution in [0.1, 0.15) is 27.2 Å². The van der Waals surface area contributed by atoms with Crippen LogP contribution < -0.4 is 10.6 Å². The van der Waals surface area contributed by atoms with Crippen molar-refractivity contribution in [3.8, 4) is 0 Å². The molecule has 0 atom stereocenters. The highest BCUT2D eigenvalue weighted by Gasteiger charge is 2.18. The van der Waals surface area contributed by atoms with Gasteiger partial charge in [-0.25, -0.2) is 4.99 Å². The highest BCUT2D eigenvalue weighted by molar-refractivity contribution is 5.84. The van der Waals surface area contributed by atoms with E-state index in [4.69, 9.17) is 4.74 Å². The van der Waals surface area contributed by atoms with Crippen LogP contribution in [0.25, 0.3) is 0 Å². The lowest BCUT2D eigenvalue weighted by atomic mass is 9.90. The van der Waals surface area contributed by atoms with Crippen molar-refractivity contribution in [3.63, 3.8) is 0 Å². The SMILES string of the molecule is C=C(C)CNC(=NCC(=O)N(C)C)NCC(C)(C)CCOC. The fraction of sp³-hybridized carbons (Fsp3) is 0.750. The van der Waals surface area contributed by atoms with Gasteiger partial charge < -0.3 is 20.3 Å². The second kappa shape index (κ2) is 10.2. The zero-order valence-corrected chi connectivity index (χ0v) is 15.0. The molecule has 0 radical (unpaired) electrons. The van der Waals surface area contributed by atoms with Crippen LogP contribution in [0.3, 0.4) is 0 Å². The molecule has 0 bridgehead atoms. The second-order valence-electron chi connectivity index (χ2n) is 6.52. The van der Waals surface area contributed by atoms with Gasteiger partial charge in [-0.2, -0.15) is 0 Å². The molecule has 6 heteroatoms. The van der Waals surface area contributed by atoms with E-state index in [0.29, 0.717) is 12.5 Å². The summed E-state index contributed by atoms with van der Waals surface area (Å²) < 4.78 is 5.13. The number of nitrogens with one attached hydrogen (secondary N) is 2. The monoisotopic (exact) mass is 312 g/mol. The molecule has 0 saturated heterocycles. The lowest BCUT2D eigenvalue weighted by Gasteiger charge is -2.26. The fourth-order valence-electron chi connectivity index (χ4n) is 1.49. The summed E-state index contributed by atoms with van der Waals surface area (Å²) in [4.78, 5) is 17.5. The zero-order chi connectivity index (χ0) is 17.2. The molecular formula is C16H32N4O2. The Morgan fingerprint density at radius 3 is 2.45 bits per heavy atom. The third kappa shape index (κ3) is 10.2. The number of amides is 1. The first-order chi connectivity index (χ1) is 10.2. The van der Waals surface area contributed by atoms with E-state index in [1.807, 2.05) is 6.92 Å². The van der Waals surface area contributed by atoms with Gasteiger partial charge in [0.05, 0.1) is 0 Å². The van der Waals surface area contributed by atoms with E-state index in [1.165, 1.54) is 4.90 Å². The topological polar surface area (TPSA) is 66.0 Å². The van der Waals surface area contributed by atoms with Gasteiger partial charge in [0.25, 0.3) is 0 Å². The summed E-state index contributed by atoms with van der Waals surface area (Å²) in [6, 6.07) is 0. The molecule has 0 heterocycles. The zero-order valence-electron chi connectivity index (χ0n) is 15.0. The van der Waals surface area contributed by atoms with Crippen molar-refractivity contribution >= 4 is 11.9 Å². The first-order valence-corrected chi connectivity index (χ1v) is 7.53. The summed E-state index contributed by atoms with van der Waals surface area (Å²) in [6.07, 6.45) is 0.945. The smallest absolute Gasteiger partial charge is 0.243 e. The van der Waals surface area contributed by atoms with Crippen LogP contribution in [0.5, 0.6) is 0 Å². The van der Waals surface area contributed by atoms with Crippen LogP contribution in [0.4, 0.5) is 0 Å². The number of hydrogen-bond donors (Lipinski definition) is 2. The minimum Gasteiger partial charge on any atom is -0.385 e. The Labute approximate surface area is 135 Å². The van der Waals surface area contributed by atoms with Gasteiger partial charge in [-0.3, -0.25) is 4.79 Å². The maximum absolute atomic E-state index is 11.7. The summed E-state index contributed by atoms with van der Waals surface area (Å²) >= 11 is 0. The standard InChI is InChI=1S/C16H32N4O2/c1-13(2)10-17-15(18-11-14(21)20(5)6)19-12-16(3,4)8-9-22-7/h1,8-12H2,2-7H3,(H2,17,18,19). The summed E-state index contributed by atoms with van der Waals surface area (Å²) in [5.74, 6) is 0.596. The van der Waals surface area contributed by atoms with Crippen LogP contribution in [0.15, 0.2) is 17.1 Å². The largest absolute Gasteiger partial charge is 0.385 e. The number of methoxy groups -OCH3 is 1. The van der Waals surface area contributed by atoms with Gasteiger partial charge in [-0.05, 0) is 18.8 Å². The molecule has 0 unspecified atom stereocenters. The molecule has 22 heavy (non-hydrogen) atoms. The van der Waals surface area contributed by atoms with Gasteiger partial charge in [-0.1, -0.05) is 26.0 Å². The second-order valence-corrected chi connectivity index (χ2v) is 6.52. The summed E-state index contributed by atoms with van der Waals surface area (Å²) in [5, 5.41) is 6.47. The first kappa shape index (κ1) is 20.4. The number of ether oxygens (including phenoxy) is 1. The summed E-state index contributed by atoms with van der Waals surface area (Å²) in [5.41, 5.74) is 1.08. The molecule has 0 aromatic carbocycles. The minimum absolute atomic E-state index is 0.0323. The number of rotatable bonds is 9. The Bertz CT molecular complexity index is 390. The normalized spacial score (nSPS) is 12.0. The van der Waals surface area contributed by atoms with E-state index in [2.05, 4.69) is 36.1 Å². The van der Waals surface area contributed by atoms with E-state index in [1.54, 1.807) is 21.2 Å². The van der Waals surface area contributed by atoms with Crippen molar-refractivity contribution in [2.45, 2.75) is 27.2 Å². The Balaban J connectivity index is 4.61. The van der Waals surface area contributed by atoms with Crippen molar-refractivity contribution in [2.24, 2.45) is 10.4 Å². The third-order valence-electron chi connectivity index (χ3n) is 3.15. The van der Waals surface area contributed by atoms with E-state index >= 15 is 0 Å². The van der Waals surface area contributed by atoms with Crippen molar-refractivity contribution in [2.75, 3.05) is 47.4 Å². The van der Waals surface area contributed by atoms with Gasteiger partial charge in [0.1, 0.15) is 6.54 Å². The molecule has 0 spiro atoms. The lowest BCUT2D eigenvalue weighted by molar-refractivity contribution is -0.127. The predicted octanol–water partition coefficient (Wildman–Crippen LogP) is 1.25. The van der Waals surface area contributed by atoms with Gasteiger partial charge in [0, 0.05) is 40.9 Å². The molecule has 0 aromatic heterocycles. The number of guanidine groups is 1. The maximum Gasteiger partial charge on any atom is 0.243 e. The number of carbonyl (C=O) groups is 1. The Morgan fingerprint density at radius 1 is 1.32 bits per heavy atom. The molecule has 6 nitrogen and oxygen atoms in total. The molecule has 0 aliphatic carbocycles. The molecule has 0 rings (SSSR count). The number of carbonyl (C=O) groups excluding carboxylic acids is 1. The lowest BCUT2D eigenvalue weighted by Crippen LogP contribution is -2.43. The third-order valence-corrected chi connectivity index (χ3v) is 3.15. The molecule has 2 N–H and O–H groups in total. The van der Waals surface area contributed by atoms with Crippen LogP contribution >= 0.6 is 0 Å². The van der Waals surface area contributed by atoms with Crippen molar-refractivity contribution in [1.82, 2.24) is 15.5 Å². The minimum atomic E-state index is -0.0323. The van der Waals surface area contributed by atoms with Gasteiger partial charge in [0.2, 0.25) is 5.91 Å². The van der Waals surface area contributed by atoms with Gasteiger partial charge in [0.15, 0.2) is 5.96 Å². The summed E-state index contributed by atoms with van der Waals surface area (Å²) in [6.45, 7) is 12.4. The molecule has 128 valence electrons. The molecule has 0 aromatic rings. The molecule has 0 aliphatic rings. The van der Waals surface area contributed by atoms with Crippen LogP contribution in [0, 0.1) is 5.41 Å². The Morgan fingerprint density at radius 2 is 1.95 bits per heavy atom. The summed E-state index contributed by atoms with van der Waals surface area (Å²) in [7, 11) is 5.15. The Kier molecular flexibility index (Phi) is 9.49. The molecule has 0 saturated carbocycles. The van der Waals surface area contributed by atoms with E-state index in [9.17, 15) is 4.79 Å². The number of aliphatic imine (C=N–C) groups is 1. The molecule has 1 amide bonds. The van der Waals surface area contributed by atoms with Crippen molar-refractivity contribution < 1.29 is 9.53 Å². The first-order valence-electron chi connectivity index (χ1n) is 7.53. The number of hydrogen-bond acceptors (Lipinski definition) is 3. The van der Waals surface area contributed by atoms with Gasteiger partial charge >= 0.3 is 0 Å². The highest BCUT2D eigenvalue weighted by atomic mass is 16.5. The Hall–Kier alpha value is -1.56. The average Bonchev–Trinajstić information content (AvgIpc) is 2.43. The maximum atomic E-state index is 11.7. The molecule has 0 aliphatic heterocycles. The van der Waals surface area contributed by atoms with Crippen LogP contribution in [-0.2, 0) is 9.53 Å². The van der Waals surface area contributed by atoms with E-state index in [-0.39, 0.29) is 17.9 Å². The number of likely N-dealkylation sites (N-methyl/N-ethyl adjacent to an activating group) is 1. The van der Waals surface area contributed by atoms with Crippen molar-refractivity contribution in [3.05, 3.63) is 12.2 Å². The molecular weight excluding hydrogens is 280 g/mol. The van der Waals surface area contributed by atoms with Crippen LogP contribution in [0.2, 0.25) is 0 Å². The van der Waals surface area contributed by atoms with E-state index < -0.39 is 0 Å².